The molecule has 0 aliphatic carbocycles. The lowest BCUT2D eigenvalue weighted by atomic mass is 10.1. The third kappa shape index (κ3) is 5.10. The zero-order valence-corrected chi connectivity index (χ0v) is 16.4. The molecular formula is C20H27N5O3. The molecule has 1 aliphatic heterocycles. The van der Waals surface area contributed by atoms with Crippen LogP contribution >= 0.6 is 0 Å². The van der Waals surface area contributed by atoms with Crippen molar-refractivity contribution in [2.75, 3.05) is 26.7 Å². The summed E-state index contributed by atoms with van der Waals surface area (Å²) in [4.78, 5) is 35.9. The highest BCUT2D eigenvalue weighted by Gasteiger charge is 2.32. The molecule has 0 saturated carbocycles. The second kappa shape index (κ2) is 9.36. The minimum atomic E-state index is -0.480. The smallest absolute Gasteiger partial charge is 0.237 e. The predicted octanol–water partition coefficient (Wildman–Crippen LogP) is 1.16. The first kappa shape index (κ1) is 19.9. The molecule has 8 nitrogen and oxygen atoms in total. The summed E-state index contributed by atoms with van der Waals surface area (Å²) in [5.74, 6) is 1.36. The van der Waals surface area contributed by atoms with E-state index in [4.69, 9.17) is 4.74 Å². The van der Waals surface area contributed by atoms with Crippen LogP contribution in [0.15, 0.2) is 36.7 Å². The summed E-state index contributed by atoms with van der Waals surface area (Å²) in [6.45, 7) is 4.87. The summed E-state index contributed by atoms with van der Waals surface area (Å²) >= 11 is 0. The van der Waals surface area contributed by atoms with E-state index in [0.29, 0.717) is 32.8 Å². The van der Waals surface area contributed by atoms with Crippen LogP contribution in [0.2, 0.25) is 0 Å². The first-order valence-corrected chi connectivity index (χ1v) is 9.52. The van der Waals surface area contributed by atoms with Crippen LogP contribution in [0.1, 0.15) is 24.7 Å². The quantitative estimate of drug-likeness (QED) is 0.712. The van der Waals surface area contributed by atoms with E-state index in [0.717, 1.165) is 17.1 Å². The summed E-state index contributed by atoms with van der Waals surface area (Å²) in [6.07, 6.45) is 3.52. The lowest BCUT2D eigenvalue weighted by Gasteiger charge is -2.35. The first-order valence-electron chi connectivity index (χ1n) is 9.52. The Hall–Kier alpha value is -2.87. The fourth-order valence-corrected chi connectivity index (χ4v) is 3.28. The number of carbonyl (C=O) groups excluding carboxylic acids is 2. The Labute approximate surface area is 164 Å². The molecule has 0 bridgehead atoms. The number of nitrogens with zero attached hydrogens (tertiary/aromatic N) is 3. The van der Waals surface area contributed by atoms with Gasteiger partial charge < -0.3 is 19.9 Å². The van der Waals surface area contributed by atoms with Crippen LogP contribution in [0.4, 0.5) is 0 Å². The van der Waals surface area contributed by atoms with Gasteiger partial charge in [-0.1, -0.05) is 12.1 Å². The molecule has 3 rings (SSSR count). The van der Waals surface area contributed by atoms with Gasteiger partial charge in [0.25, 0.3) is 0 Å². The van der Waals surface area contributed by atoms with E-state index in [-0.39, 0.29) is 18.2 Å². The summed E-state index contributed by atoms with van der Waals surface area (Å²) in [7, 11) is 1.72. The van der Waals surface area contributed by atoms with E-state index in [2.05, 4.69) is 20.2 Å². The summed E-state index contributed by atoms with van der Waals surface area (Å²) in [6, 6.07) is 7.38. The normalized spacial score (nSPS) is 17.2. The van der Waals surface area contributed by atoms with Gasteiger partial charge in [-0.3, -0.25) is 14.5 Å². The number of hydrogen-bond acceptors (Lipinski definition) is 5. The van der Waals surface area contributed by atoms with Crippen molar-refractivity contribution in [3.63, 3.8) is 0 Å². The fourth-order valence-electron chi connectivity index (χ4n) is 3.28. The highest BCUT2D eigenvalue weighted by Crippen LogP contribution is 2.18. The van der Waals surface area contributed by atoms with Crippen molar-refractivity contribution in [3.05, 3.63) is 48.0 Å². The van der Waals surface area contributed by atoms with E-state index >= 15 is 0 Å². The van der Waals surface area contributed by atoms with Gasteiger partial charge in [0.05, 0.1) is 25.6 Å². The number of benzene rings is 1. The number of hydrogen-bond donors (Lipinski definition) is 2. The van der Waals surface area contributed by atoms with Gasteiger partial charge in [0, 0.05) is 39.1 Å². The van der Waals surface area contributed by atoms with Crippen molar-refractivity contribution in [1.82, 2.24) is 25.1 Å². The number of aromatic amines is 1. The van der Waals surface area contributed by atoms with Gasteiger partial charge in [0.1, 0.15) is 11.6 Å². The monoisotopic (exact) mass is 385 g/mol. The highest BCUT2D eigenvalue weighted by molar-refractivity contribution is 5.88. The minimum absolute atomic E-state index is 0.0878. The number of H-pyrrole nitrogens is 1. The average molecular weight is 385 g/mol. The van der Waals surface area contributed by atoms with E-state index < -0.39 is 6.04 Å². The Kier molecular flexibility index (Phi) is 6.65. The molecule has 1 aromatic carbocycles. The molecular weight excluding hydrogens is 358 g/mol. The van der Waals surface area contributed by atoms with Crippen LogP contribution in [-0.4, -0.2) is 64.4 Å². The van der Waals surface area contributed by atoms with Crippen molar-refractivity contribution in [2.45, 2.75) is 32.5 Å². The van der Waals surface area contributed by atoms with Gasteiger partial charge in [0.2, 0.25) is 11.8 Å². The van der Waals surface area contributed by atoms with Gasteiger partial charge in [-0.25, -0.2) is 4.98 Å². The Bertz CT molecular complexity index is 776. The van der Waals surface area contributed by atoms with Crippen molar-refractivity contribution in [1.29, 1.82) is 0 Å². The standard InChI is InChI=1S/C20H27N5O3/c1-3-28-16-6-4-15(5-7-16)13-25-11-10-23-20(27)17(25)12-19(26)24(2)14-18-21-8-9-22-18/h4-9,17H,3,10-14H2,1-2H3,(H,21,22)(H,23,27). The topological polar surface area (TPSA) is 90.6 Å². The molecule has 1 unspecified atom stereocenters. The highest BCUT2D eigenvalue weighted by atomic mass is 16.5. The van der Waals surface area contributed by atoms with E-state index in [1.165, 1.54) is 0 Å². The zero-order valence-electron chi connectivity index (χ0n) is 16.4. The Morgan fingerprint density at radius 2 is 2.14 bits per heavy atom. The SMILES string of the molecule is CCOc1ccc(CN2CCNC(=O)C2CC(=O)N(C)Cc2ncc[nH]2)cc1. The third-order valence-corrected chi connectivity index (χ3v) is 4.80. The second-order valence-electron chi connectivity index (χ2n) is 6.84. The number of amides is 2. The molecule has 1 saturated heterocycles. The largest absolute Gasteiger partial charge is 0.494 e. The number of nitrogens with one attached hydrogen (secondary N) is 2. The Morgan fingerprint density at radius 1 is 1.36 bits per heavy atom. The van der Waals surface area contributed by atoms with Crippen molar-refractivity contribution in [3.8, 4) is 5.75 Å². The Morgan fingerprint density at radius 3 is 2.82 bits per heavy atom. The number of aromatic nitrogens is 2. The van der Waals surface area contributed by atoms with Crippen LogP contribution in [0.5, 0.6) is 5.75 Å². The van der Waals surface area contributed by atoms with Gasteiger partial charge in [-0.2, -0.15) is 0 Å². The summed E-state index contributed by atoms with van der Waals surface area (Å²) < 4.78 is 5.48. The van der Waals surface area contributed by atoms with Gasteiger partial charge >= 0.3 is 0 Å². The van der Waals surface area contributed by atoms with Gasteiger partial charge in [-0.15, -0.1) is 0 Å². The first-order chi connectivity index (χ1) is 13.6. The minimum Gasteiger partial charge on any atom is -0.494 e. The molecule has 1 fully saturated rings. The number of ether oxygens (including phenoxy) is 1. The fraction of sp³-hybridized carbons (Fsp3) is 0.450. The molecule has 1 aliphatic rings. The maximum atomic E-state index is 12.7. The lowest BCUT2D eigenvalue weighted by molar-refractivity contribution is -0.138. The van der Waals surface area contributed by atoms with Gasteiger partial charge in [-0.05, 0) is 24.6 Å². The summed E-state index contributed by atoms with van der Waals surface area (Å²) in [5.41, 5.74) is 1.08. The predicted molar refractivity (Wildman–Crippen MR) is 104 cm³/mol. The number of imidazole rings is 1. The number of rotatable bonds is 8. The molecule has 1 atom stereocenters. The molecule has 2 aromatic rings. The second-order valence-corrected chi connectivity index (χ2v) is 6.84. The van der Waals surface area contributed by atoms with E-state index in [9.17, 15) is 9.59 Å². The van der Waals surface area contributed by atoms with E-state index in [1.807, 2.05) is 31.2 Å². The van der Waals surface area contributed by atoms with Crippen molar-refractivity contribution < 1.29 is 14.3 Å². The van der Waals surface area contributed by atoms with Crippen molar-refractivity contribution >= 4 is 11.8 Å². The number of piperazine rings is 1. The molecule has 2 N–H and O–H groups in total. The van der Waals surface area contributed by atoms with Gasteiger partial charge in [0.15, 0.2) is 0 Å². The van der Waals surface area contributed by atoms with Crippen LogP contribution in [0.3, 0.4) is 0 Å². The molecule has 0 spiro atoms. The summed E-state index contributed by atoms with van der Waals surface area (Å²) in [5, 5.41) is 2.87. The molecule has 28 heavy (non-hydrogen) atoms. The molecule has 2 amide bonds. The average Bonchev–Trinajstić information content (AvgIpc) is 3.19. The molecule has 0 radical (unpaired) electrons. The third-order valence-electron chi connectivity index (χ3n) is 4.80. The Balaban J connectivity index is 1.63. The molecule has 150 valence electrons. The van der Waals surface area contributed by atoms with E-state index in [1.54, 1.807) is 24.3 Å². The van der Waals surface area contributed by atoms with Crippen LogP contribution < -0.4 is 10.1 Å². The number of carbonyl (C=O) groups is 2. The maximum Gasteiger partial charge on any atom is 0.237 e. The molecule has 2 heterocycles. The molecule has 8 heteroatoms. The van der Waals surface area contributed by atoms with Crippen LogP contribution in [-0.2, 0) is 22.7 Å². The zero-order chi connectivity index (χ0) is 19.9. The lowest BCUT2D eigenvalue weighted by Crippen LogP contribution is -2.56. The molecule has 1 aromatic heterocycles. The van der Waals surface area contributed by atoms with Crippen LogP contribution in [0, 0.1) is 0 Å². The maximum absolute atomic E-state index is 12.7. The van der Waals surface area contributed by atoms with Crippen LogP contribution in [0.25, 0.3) is 0 Å². The van der Waals surface area contributed by atoms with Crippen molar-refractivity contribution in [2.24, 2.45) is 0 Å².